The van der Waals surface area contributed by atoms with Crippen LogP contribution >= 0.6 is 11.3 Å². The van der Waals surface area contributed by atoms with E-state index in [4.69, 9.17) is 4.74 Å². The smallest absolute Gasteiger partial charge is 0.265 e. The molecule has 1 atom stereocenters. The van der Waals surface area contributed by atoms with Crippen molar-refractivity contribution in [1.29, 1.82) is 0 Å². The molecule has 0 aliphatic carbocycles. The summed E-state index contributed by atoms with van der Waals surface area (Å²) in [4.78, 5) is 27.4. The molecule has 1 saturated heterocycles. The van der Waals surface area contributed by atoms with E-state index < -0.39 is 0 Å². The van der Waals surface area contributed by atoms with Gasteiger partial charge in [0.1, 0.15) is 0 Å². The molecule has 2 heterocycles. The van der Waals surface area contributed by atoms with Crippen LogP contribution in [0.5, 0.6) is 0 Å². The quantitative estimate of drug-likeness (QED) is 0.858. The second-order valence-electron chi connectivity index (χ2n) is 5.99. The lowest BCUT2D eigenvalue weighted by atomic mass is 10.1. The Morgan fingerprint density at radius 1 is 1.32 bits per heavy atom. The molecule has 1 N–H and O–H groups in total. The maximum atomic E-state index is 12.8. The lowest BCUT2D eigenvalue weighted by Gasteiger charge is -2.24. The first-order valence-electron chi connectivity index (χ1n) is 8.53. The van der Waals surface area contributed by atoms with Crippen molar-refractivity contribution in [2.24, 2.45) is 0 Å². The second-order valence-corrected chi connectivity index (χ2v) is 6.94. The average molecular weight is 358 g/mol. The minimum absolute atomic E-state index is 0.0368. The van der Waals surface area contributed by atoms with Crippen LogP contribution in [0, 0.1) is 0 Å². The Balaban J connectivity index is 1.68. The molecule has 0 saturated carbocycles. The summed E-state index contributed by atoms with van der Waals surface area (Å²) in [5, 5.41) is 4.71. The number of carbonyl (C=O) groups excluding carboxylic acids is 2. The molecule has 1 aromatic heterocycles. The minimum Gasteiger partial charge on any atom is -0.376 e. The van der Waals surface area contributed by atoms with Crippen molar-refractivity contribution in [3.05, 3.63) is 52.2 Å². The fourth-order valence-electron chi connectivity index (χ4n) is 2.90. The van der Waals surface area contributed by atoms with E-state index in [9.17, 15) is 9.59 Å². The van der Waals surface area contributed by atoms with Crippen molar-refractivity contribution in [3.8, 4) is 0 Å². The van der Waals surface area contributed by atoms with Crippen molar-refractivity contribution >= 4 is 28.8 Å². The minimum atomic E-state index is -0.161. The predicted octanol–water partition coefficient (Wildman–Crippen LogP) is 3.64. The number of carbonyl (C=O) groups is 2. The van der Waals surface area contributed by atoms with Gasteiger partial charge in [-0.1, -0.05) is 12.1 Å². The molecule has 25 heavy (non-hydrogen) atoms. The normalized spacial score (nSPS) is 16.6. The molecule has 1 aromatic carbocycles. The van der Waals surface area contributed by atoms with Crippen molar-refractivity contribution < 1.29 is 14.3 Å². The maximum Gasteiger partial charge on any atom is 0.265 e. The first-order chi connectivity index (χ1) is 12.2. The highest BCUT2D eigenvalue weighted by Crippen LogP contribution is 2.18. The number of hydrogen-bond donors (Lipinski definition) is 1. The number of anilines is 1. The van der Waals surface area contributed by atoms with Crippen LogP contribution < -0.4 is 5.32 Å². The van der Waals surface area contributed by atoms with Gasteiger partial charge in [-0.3, -0.25) is 9.59 Å². The number of ether oxygens (including phenoxy) is 1. The number of rotatable bonds is 6. The van der Waals surface area contributed by atoms with Gasteiger partial charge in [0.25, 0.3) is 11.8 Å². The lowest BCUT2D eigenvalue weighted by molar-refractivity contribution is 0.0539. The van der Waals surface area contributed by atoms with Gasteiger partial charge < -0.3 is 15.0 Å². The monoisotopic (exact) mass is 358 g/mol. The average Bonchev–Trinajstić information content (AvgIpc) is 3.33. The highest BCUT2D eigenvalue weighted by atomic mass is 32.1. The Morgan fingerprint density at radius 3 is 2.88 bits per heavy atom. The van der Waals surface area contributed by atoms with E-state index in [0.29, 0.717) is 29.2 Å². The SMILES string of the molecule is CCN(C[C@@H]1CCCO1)C(=O)c1cccc(NC(=O)c2cccs2)c1. The third-order valence-corrected chi connectivity index (χ3v) is 5.10. The Hall–Kier alpha value is -2.18. The van der Waals surface area contributed by atoms with Gasteiger partial charge in [-0.25, -0.2) is 0 Å². The molecule has 2 aromatic rings. The maximum absolute atomic E-state index is 12.8. The summed E-state index contributed by atoms with van der Waals surface area (Å²) >= 11 is 1.39. The zero-order valence-electron chi connectivity index (χ0n) is 14.2. The number of nitrogens with zero attached hydrogens (tertiary/aromatic N) is 1. The van der Waals surface area contributed by atoms with Crippen molar-refractivity contribution in [3.63, 3.8) is 0 Å². The van der Waals surface area contributed by atoms with E-state index in [1.807, 2.05) is 18.4 Å². The molecule has 5 nitrogen and oxygen atoms in total. The van der Waals surface area contributed by atoms with Crippen LogP contribution in [-0.2, 0) is 4.74 Å². The molecule has 6 heteroatoms. The number of amides is 2. The standard InChI is InChI=1S/C19H22N2O3S/c1-2-21(13-16-8-4-10-24-16)19(23)14-6-3-7-15(12-14)20-18(22)17-9-5-11-25-17/h3,5-7,9,11-12,16H,2,4,8,10,13H2,1H3,(H,20,22)/t16-/m0/s1. The molecule has 0 bridgehead atoms. The van der Waals surface area contributed by atoms with Crippen molar-refractivity contribution in [2.75, 3.05) is 25.0 Å². The summed E-state index contributed by atoms with van der Waals surface area (Å²) < 4.78 is 5.64. The largest absolute Gasteiger partial charge is 0.376 e. The molecule has 1 aliphatic heterocycles. The van der Waals surface area contributed by atoms with Crippen molar-refractivity contribution in [1.82, 2.24) is 4.90 Å². The zero-order valence-corrected chi connectivity index (χ0v) is 15.1. The van der Waals surface area contributed by atoms with Crippen molar-refractivity contribution in [2.45, 2.75) is 25.9 Å². The van der Waals surface area contributed by atoms with E-state index in [1.54, 1.807) is 35.2 Å². The number of benzene rings is 1. The van der Waals surface area contributed by atoms with Gasteiger partial charge in [-0.15, -0.1) is 11.3 Å². The molecule has 0 radical (unpaired) electrons. The molecule has 3 rings (SSSR count). The van der Waals surface area contributed by atoms with E-state index in [0.717, 1.165) is 19.4 Å². The number of nitrogens with one attached hydrogen (secondary N) is 1. The number of hydrogen-bond acceptors (Lipinski definition) is 4. The highest BCUT2D eigenvalue weighted by molar-refractivity contribution is 7.12. The van der Waals surface area contributed by atoms with Gasteiger partial charge in [0.05, 0.1) is 11.0 Å². The molecule has 132 valence electrons. The first-order valence-corrected chi connectivity index (χ1v) is 9.41. The summed E-state index contributed by atoms with van der Waals surface area (Å²) in [6.07, 6.45) is 2.19. The summed E-state index contributed by atoms with van der Waals surface area (Å²) in [7, 11) is 0. The Bertz CT molecular complexity index is 724. The zero-order chi connectivity index (χ0) is 17.6. The Kier molecular flexibility index (Phi) is 5.83. The van der Waals surface area contributed by atoms with Gasteiger partial charge in [0.2, 0.25) is 0 Å². The van der Waals surface area contributed by atoms with Gasteiger partial charge in [-0.05, 0) is 49.4 Å². The summed E-state index contributed by atoms with van der Waals surface area (Å²) in [6.45, 7) is 3.99. The fourth-order valence-corrected chi connectivity index (χ4v) is 3.52. The van der Waals surface area contributed by atoms with Gasteiger partial charge >= 0.3 is 0 Å². The van der Waals surface area contributed by atoms with Crippen LogP contribution in [0.25, 0.3) is 0 Å². The molecular formula is C19H22N2O3S. The second kappa shape index (κ2) is 8.27. The van der Waals surface area contributed by atoms with Gasteiger partial charge in [0, 0.05) is 30.9 Å². The van der Waals surface area contributed by atoms with Crippen LogP contribution in [-0.4, -0.2) is 42.5 Å². The third kappa shape index (κ3) is 4.46. The van der Waals surface area contributed by atoms with Gasteiger partial charge in [0.15, 0.2) is 0 Å². The molecule has 0 unspecified atom stereocenters. The molecule has 1 fully saturated rings. The van der Waals surface area contributed by atoms with Crippen LogP contribution in [0.15, 0.2) is 41.8 Å². The summed E-state index contributed by atoms with van der Waals surface area (Å²) in [5.74, 6) is -0.198. The topological polar surface area (TPSA) is 58.6 Å². The van der Waals surface area contributed by atoms with E-state index in [-0.39, 0.29) is 17.9 Å². The van der Waals surface area contributed by atoms with E-state index in [2.05, 4.69) is 5.32 Å². The number of thiophene rings is 1. The molecule has 1 aliphatic rings. The summed E-state index contributed by atoms with van der Waals surface area (Å²) in [5.41, 5.74) is 1.20. The molecule has 2 amide bonds. The number of likely N-dealkylation sites (N-methyl/N-ethyl adjacent to an activating group) is 1. The van der Waals surface area contributed by atoms with Crippen LogP contribution in [0.1, 0.15) is 39.8 Å². The Morgan fingerprint density at radius 2 is 2.20 bits per heavy atom. The Labute approximate surface area is 151 Å². The van der Waals surface area contributed by atoms with E-state index in [1.165, 1.54) is 11.3 Å². The first kappa shape index (κ1) is 17.6. The van der Waals surface area contributed by atoms with Crippen LogP contribution in [0.2, 0.25) is 0 Å². The van der Waals surface area contributed by atoms with Gasteiger partial charge in [-0.2, -0.15) is 0 Å². The third-order valence-electron chi connectivity index (χ3n) is 4.23. The summed E-state index contributed by atoms with van der Waals surface area (Å²) in [6, 6.07) is 10.7. The van der Waals surface area contributed by atoms with Crippen LogP contribution in [0.3, 0.4) is 0 Å². The predicted molar refractivity (Wildman–Crippen MR) is 99.3 cm³/mol. The highest BCUT2D eigenvalue weighted by Gasteiger charge is 2.22. The van der Waals surface area contributed by atoms with Crippen LogP contribution in [0.4, 0.5) is 5.69 Å². The van der Waals surface area contributed by atoms with E-state index >= 15 is 0 Å². The fraction of sp³-hybridized carbons (Fsp3) is 0.368. The lowest BCUT2D eigenvalue weighted by Crippen LogP contribution is -2.37. The molecular weight excluding hydrogens is 336 g/mol. The molecule has 0 spiro atoms.